The minimum atomic E-state index is -0.140. The van der Waals surface area contributed by atoms with Gasteiger partial charge in [0.05, 0.1) is 5.25 Å². The van der Waals surface area contributed by atoms with Crippen molar-refractivity contribution in [2.24, 2.45) is 0 Å². The van der Waals surface area contributed by atoms with Crippen LogP contribution in [0.1, 0.15) is 6.92 Å². The van der Waals surface area contributed by atoms with E-state index in [-0.39, 0.29) is 11.2 Å². The summed E-state index contributed by atoms with van der Waals surface area (Å²) in [4.78, 5) is 27.5. The number of thioether (sulfide) groups is 1. The predicted octanol–water partition coefficient (Wildman–Crippen LogP) is 2.12. The quantitative estimate of drug-likeness (QED) is 0.631. The Bertz CT molecular complexity index is 473. The second-order valence-electron chi connectivity index (χ2n) is 4.68. The summed E-state index contributed by atoms with van der Waals surface area (Å²) in [7, 11) is 0. The Morgan fingerprint density at radius 3 is 2.40 bits per heavy atom. The van der Waals surface area contributed by atoms with E-state index in [2.05, 4.69) is 0 Å². The Morgan fingerprint density at radius 2 is 1.85 bits per heavy atom. The topological polar surface area (TPSA) is 40.6 Å². The van der Waals surface area contributed by atoms with Gasteiger partial charge >= 0.3 is 0 Å². The number of piperazine rings is 1. The summed E-state index contributed by atoms with van der Waals surface area (Å²) >= 11 is 7.37. The molecule has 1 saturated heterocycles. The van der Waals surface area contributed by atoms with Gasteiger partial charge in [-0.15, -0.1) is 11.8 Å². The van der Waals surface area contributed by atoms with Crippen molar-refractivity contribution in [3.63, 3.8) is 0 Å². The average molecular weight is 313 g/mol. The predicted molar refractivity (Wildman–Crippen MR) is 81.0 cm³/mol. The van der Waals surface area contributed by atoms with E-state index in [4.69, 9.17) is 11.6 Å². The number of hydrogen-bond acceptors (Lipinski definition) is 3. The zero-order valence-electron chi connectivity index (χ0n) is 11.3. The lowest BCUT2D eigenvalue weighted by atomic mass is 10.3. The van der Waals surface area contributed by atoms with Crippen LogP contribution in [0.3, 0.4) is 0 Å². The summed E-state index contributed by atoms with van der Waals surface area (Å²) < 4.78 is 0. The molecule has 1 aromatic rings. The minimum absolute atomic E-state index is 0.121. The lowest BCUT2D eigenvalue weighted by molar-refractivity contribution is -0.134. The van der Waals surface area contributed by atoms with Crippen LogP contribution in [0, 0.1) is 0 Å². The molecule has 1 unspecified atom stereocenters. The van der Waals surface area contributed by atoms with E-state index in [0.29, 0.717) is 31.2 Å². The molecule has 2 amide bonds. The average Bonchev–Trinajstić information content (AvgIpc) is 2.49. The molecule has 0 saturated carbocycles. The molecule has 4 nitrogen and oxygen atoms in total. The maximum atomic E-state index is 12.3. The van der Waals surface area contributed by atoms with Crippen molar-refractivity contribution in [3.05, 3.63) is 29.3 Å². The Kier molecular flexibility index (Phi) is 5.31. The molecule has 0 radical (unpaired) electrons. The second-order valence-corrected chi connectivity index (χ2v) is 6.53. The van der Waals surface area contributed by atoms with Crippen molar-refractivity contribution in [3.8, 4) is 0 Å². The number of halogens is 1. The number of amides is 2. The van der Waals surface area contributed by atoms with Gasteiger partial charge in [-0.05, 0) is 31.2 Å². The molecule has 0 bridgehead atoms. The molecule has 6 heteroatoms. The molecule has 1 fully saturated rings. The molecule has 1 atom stereocenters. The molecule has 0 N–H and O–H groups in total. The maximum Gasteiger partial charge on any atom is 0.235 e. The van der Waals surface area contributed by atoms with Gasteiger partial charge in [0.15, 0.2) is 0 Å². The molecule has 1 aliphatic rings. The number of hydrogen-bond donors (Lipinski definition) is 0. The lowest BCUT2D eigenvalue weighted by Crippen LogP contribution is -2.50. The number of rotatable bonds is 4. The van der Waals surface area contributed by atoms with Crippen LogP contribution in [-0.4, -0.2) is 53.5 Å². The summed E-state index contributed by atoms with van der Waals surface area (Å²) in [6.45, 7) is 4.38. The number of nitrogens with zero attached hydrogens (tertiary/aromatic N) is 2. The highest BCUT2D eigenvalue weighted by Crippen LogP contribution is 2.26. The molecule has 1 aliphatic heterocycles. The third kappa shape index (κ3) is 3.90. The highest BCUT2D eigenvalue weighted by molar-refractivity contribution is 8.00. The Morgan fingerprint density at radius 1 is 1.25 bits per heavy atom. The SMILES string of the molecule is CC(Sc1ccc(Cl)cc1)C(=O)N1CCN(C=O)CC1. The molecular formula is C14H17ClN2O2S. The smallest absolute Gasteiger partial charge is 0.235 e. The summed E-state index contributed by atoms with van der Waals surface area (Å²) in [5, 5.41) is 0.553. The zero-order valence-corrected chi connectivity index (χ0v) is 12.9. The van der Waals surface area contributed by atoms with Crippen LogP contribution < -0.4 is 0 Å². The fourth-order valence-electron chi connectivity index (χ4n) is 2.07. The molecule has 2 rings (SSSR count). The first-order valence-corrected chi connectivity index (χ1v) is 7.76. The van der Waals surface area contributed by atoms with Crippen LogP contribution >= 0.6 is 23.4 Å². The van der Waals surface area contributed by atoms with E-state index in [1.807, 2.05) is 36.1 Å². The van der Waals surface area contributed by atoms with Crippen molar-refractivity contribution in [1.29, 1.82) is 0 Å². The van der Waals surface area contributed by atoms with Crippen LogP contribution in [0.15, 0.2) is 29.2 Å². The lowest BCUT2D eigenvalue weighted by Gasteiger charge is -2.33. The monoisotopic (exact) mass is 312 g/mol. The van der Waals surface area contributed by atoms with Crippen LogP contribution in [-0.2, 0) is 9.59 Å². The Labute approximate surface area is 128 Å². The molecule has 20 heavy (non-hydrogen) atoms. The highest BCUT2D eigenvalue weighted by Gasteiger charge is 2.24. The van der Waals surface area contributed by atoms with Crippen molar-refractivity contribution in [2.45, 2.75) is 17.1 Å². The third-order valence-corrected chi connectivity index (χ3v) is 4.60. The van der Waals surface area contributed by atoms with Crippen molar-refractivity contribution in [2.75, 3.05) is 26.2 Å². The number of benzene rings is 1. The molecular weight excluding hydrogens is 296 g/mol. The molecule has 1 heterocycles. The van der Waals surface area contributed by atoms with Gasteiger partial charge in [-0.1, -0.05) is 11.6 Å². The maximum absolute atomic E-state index is 12.3. The van der Waals surface area contributed by atoms with Crippen LogP contribution in [0.5, 0.6) is 0 Å². The fourth-order valence-corrected chi connectivity index (χ4v) is 3.15. The van der Waals surface area contributed by atoms with E-state index in [1.54, 1.807) is 4.90 Å². The van der Waals surface area contributed by atoms with Crippen LogP contribution in [0.4, 0.5) is 0 Å². The third-order valence-electron chi connectivity index (χ3n) is 3.25. The number of carbonyl (C=O) groups excluding carboxylic acids is 2. The van der Waals surface area contributed by atoms with Crippen LogP contribution in [0.2, 0.25) is 5.02 Å². The van der Waals surface area contributed by atoms with Gasteiger partial charge in [0.25, 0.3) is 0 Å². The van der Waals surface area contributed by atoms with Crippen LogP contribution in [0.25, 0.3) is 0 Å². The summed E-state index contributed by atoms with van der Waals surface area (Å²) in [5.74, 6) is 0.121. The molecule has 0 aliphatic carbocycles. The Balaban J connectivity index is 1.89. The van der Waals surface area contributed by atoms with E-state index in [0.717, 1.165) is 11.3 Å². The van der Waals surface area contributed by atoms with Gasteiger partial charge in [0.1, 0.15) is 0 Å². The highest BCUT2D eigenvalue weighted by atomic mass is 35.5. The zero-order chi connectivity index (χ0) is 14.5. The first-order chi connectivity index (χ1) is 9.60. The fraction of sp³-hybridized carbons (Fsp3) is 0.429. The molecule has 1 aromatic carbocycles. The van der Waals surface area contributed by atoms with Gasteiger partial charge in [-0.25, -0.2) is 0 Å². The van der Waals surface area contributed by atoms with E-state index in [9.17, 15) is 9.59 Å². The standard InChI is InChI=1S/C14H17ClN2O2S/c1-11(20-13-4-2-12(15)3-5-13)14(19)17-8-6-16(10-18)7-9-17/h2-5,10-11H,6-9H2,1H3. The summed E-state index contributed by atoms with van der Waals surface area (Å²) in [6.07, 6.45) is 0.841. The van der Waals surface area contributed by atoms with Gasteiger partial charge in [0, 0.05) is 36.1 Å². The molecule has 0 spiro atoms. The first-order valence-electron chi connectivity index (χ1n) is 6.50. The van der Waals surface area contributed by atoms with E-state index >= 15 is 0 Å². The molecule has 108 valence electrons. The van der Waals surface area contributed by atoms with Gasteiger partial charge in [-0.2, -0.15) is 0 Å². The minimum Gasteiger partial charge on any atom is -0.342 e. The molecule has 0 aromatic heterocycles. The second kappa shape index (κ2) is 6.99. The van der Waals surface area contributed by atoms with Crippen molar-refractivity contribution >= 4 is 35.7 Å². The first kappa shape index (κ1) is 15.2. The summed E-state index contributed by atoms with van der Waals surface area (Å²) in [6, 6.07) is 7.48. The van der Waals surface area contributed by atoms with Gasteiger partial charge in [-0.3, -0.25) is 9.59 Å². The largest absolute Gasteiger partial charge is 0.342 e. The van der Waals surface area contributed by atoms with Gasteiger partial charge in [0.2, 0.25) is 12.3 Å². The Hall–Kier alpha value is -1.20. The summed E-state index contributed by atoms with van der Waals surface area (Å²) in [5.41, 5.74) is 0. The van der Waals surface area contributed by atoms with Crippen molar-refractivity contribution in [1.82, 2.24) is 9.80 Å². The van der Waals surface area contributed by atoms with E-state index in [1.165, 1.54) is 11.8 Å². The van der Waals surface area contributed by atoms with E-state index < -0.39 is 0 Å². The van der Waals surface area contributed by atoms with Crippen molar-refractivity contribution < 1.29 is 9.59 Å². The normalized spacial score (nSPS) is 16.9. The number of carbonyl (C=O) groups is 2. The van der Waals surface area contributed by atoms with Gasteiger partial charge < -0.3 is 9.80 Å².